The van der Waals surface area contributed by atoms with Gasteiger partial charge in [0.05, 0.1) is 12.3 Å². The van der Waals surface area contributed by atoms with Crippen LogP contribution in [0.1, 0.15) is 47.8 Å². The molecule has 1 unspecified atom stereocenters. The molecule has 1 aromatic carbocycles. The van der Waals surface area contributed by atoms with Crippen molar-refractivity contribution in [3.63, 3.8) is 0 Å². The molecule has 0 aliphatic carbocycles. The molecule has 27 heavy (non-hydrogen) atoms. The van der Waals surface area contributed by atoms with E-state index < -0.39 is 0 Å². The Morgan fingerprint density at radius 1 is 1.00 bits per heavy atom. The number of rotatable bonds is 3. The first-order valence-electron chi connectivity index (χ1n) is 9.36. The third-order valence-electron chi connectivity index (χ3n) is 5.10. The highest BCUT2D eigenvalue weighted by Gasteiger charge is 2.29. The van der Waals surface area contributed by atoms with Crippen molar-refractivity contribution in [3.05, 3.63) is 82.5 Å². The highest BCUT2D eigenvalue weighted by atomic mass is 16.3. The predicted molar refractivity (Wildman–Crippen MR) is 103 cm³/mol. The van der Waals surface area contributed by atoms with Crippen molar-refractivity contribution in [2.75, 3.05) is 6.54 Å². The van der Waals surface area contributed by atoms with E-state index in [4.69, 9.17) is 4.42 Å². The Kier molecular flexibility index (Phi) is 4.92. The van der Waals surface area contributed by atoms with Gasteiger partial charge in [0, 0.05) is 23.9 Å². The summed E-state index contributed by atoms with van der Waals surface area (Å²) in [4.78, 5) is 29.4. The second-order valence-corrected chi connectivity index (χ2v) is 6.89. The maximum atomic E-state index is 13.2. The standard InChI is InChI=1S/C22H22N2O3/c25-21-9-4-6-18(23-21)16-10-12-17(13-11-16)22(26)24-14-3-1-2-7-19(24)20-8-5-15-27-20/h4-6,8-13,15,19H,1-3,7,14H2,(H,23,25). The first-order chi connectivity index (χ1) is 13.2. The Balaban J connectivity index is 1.60. The molecule has 3 heterocycles. The van der Waals surface area contributed by atoms with Gasteiger partial charge in [-0.05, 0) is 48.7 Å². The van der Waals surface area contributed by atoms with Gasteiger partial charge < -0.3 is 14.3 Å². The molecule has 1 fully saturated rings. The fraction of sp³-hybridized carbons (Fsp3) is 0.273. The van der Waals surface area contributed by atoms with E-state index >= 15 is 0 Å². The monoisotopic (exact) mass is 362 g/mol. The zero-order chi connectivity index (χ0) is 18.6. The number of pyridine rings is 1. The van der Waals surface area contributed by atoms with Gasteiger partial charge in [-0.15, -0.1) is 0 Å². The summed E-state index contributed by atoms with van der Waals surface area (Å²) in [5.74, 6) is 0.870. The van der Waals surface area contributed by atoms with E-state index in [-0.39, 0.29) is 17.5 Å². The Labute approximate surface area is 157 Å². The third kappa shape index (κ3) is 3.72. The van der Waals surface area contributed by atoms with Crippen molar-refractivity contribution in [3.8, 4) is 11.3 Å². The zero-order valence-corrected chi connectivity index (χ0v) is 15.1. The van der Waals surface area contributed by atoms with Crippen molar-refractivity contribution in [1.82, 2.24) is 9.88 Å². The summed E-state index contributed by atoms with van der Waals surface area (Å²) in [7, 11) is 0. The number of H-pyrrole nitrogens is 1. The van der Waals surface area contributed by atoms with Crippen LogP contribution in [-0.4, -0.2) is 22.3 Å². The Hall–Kier alpha value is -3.08. The number of carbonyl (C=O) groups excluding carboxylic acids is 1. The lowest BCUT2D eigenvalue weighted by molar-refractivity contribution is 0.0658. The largest absolute Gasteiger partial charge is 0.467 e. The van der Waals surface area contributed by atoms with Crippen LogP contribution in [0.5, 0.6) is 0 Å². The van der Waals surface area contributed by atoms with Gasteiger partial charge in [0.25, 0.3) is 5.91 Å². The number of aromatic nitrogens is 1. The molecule has 0 radical (unpaired) electrons. The number of benzene rings is 1. The summed E-state index contributed by atoms with van der Waals surface area (Å²) in [6, 6.07) is 16.3. The van der Waals surface area contributed by atoms with E-state index in [0.717, 1.165) is 49.2 Å². The second-order valence-electron chi connectivity index (χ2n) is 6.89. The predicted octanol–water partition coefficient (Wildman–Crippen LogP) is 4.39. The summed E-state index contributed by atoms with van der Waals surface area (Å²) in [6.45, 7) is 0.734. The van der Waals surface area contributed by atoms with Gasteiger partial charge in [-0.1, -0.05) is 31.0 Å². The molecule has 1 aliphatic rings. The number of amides is 1. The topological polar surface area (TPSA) is 66.3 Å². The molecule has 5 nitrogen and oxygen atoms in total. The molecule has 3 aromatic rings. The number of nitrogens with one attached hydrogen (secondary N) is 1. The van der Waals surface area contributed by atoms with Gasteiger partial charge >= 0.3 is 0 Å². The molecular formula is C22H22N2O3. The molecule has 0 spiro atoms. The van der Waals surface area contributed by atoms with Gasteiger partial charge in [-0.2, -0.15) is 0 Å². The minimum absolute atomic E-state index is 0.0137. The molecule has 1 N–H and O–H groups in total. The SMILES string of the molecule is O=C(c1ccc(-c2cccc(=O)[nH]2)cc1)N1CCCCCC1c1ccco1. The molecule has 5 heteroatoms. The van der Waals surface area contributed by atoms with Crippen LogP contribution < -0.4 is 5.56 Å². The lowest BCUT2D eigenvalue weighted by Gasteiger charge is -2.28. The van der Waals surface area contributed by atoms with E-state index in [0.29, 0.717) is 5.56 Å². The number of hydrogen-bond donors (Lipinski definition) is 1. The number of furan rings is 1. The number of hydrogen-bond acceptors (Lipinski definition) is 3. The van der Waals surface area contributed by atoms with Gasteiger partial charge in [0.15, 0.2) is 0 Å². The first kappa shape index (κ1) is 17.3. The Morgan fingerprint density at radius 3 is 2.59 bits per heavy atom. The summed E-state index contributed by atoms with van der Waals surface area (Å²) in [6.07, 6.45) is 5.81. The second kappa shape index (κ2) is 7.66. The van der Waals surface area contributed by atoms with E-state index in [1.54, 1.807) is 12.3 Å². The average molecular weight is 362 g/mol. The molecule has 0 saturated carbocycles. The summed E-state index contributed by atoms with van der Waals surface area (Å²) in [5, 5.41) is 0. The average Bonchev–Trinajstić information content (AvgIpc) is 3.12. The van der Waals surface area contributed by atoms with Crippen molar-refractivity contribution in [2.24, 2.45) is 0 Å². The molecule has 2 aromatic heterocycles. The van der Waals surface area contributed by atoms with E-state index in [1.165, 1.54) is 6.07 Å². The number of carbonyl (C=O) groups is 1. The van der Waals surface area contributed by atoms with Crippen LogP contribution in [0.4, 0.5) is 0 Å². The molecule has 0 bridgehead atoms. The maximum absolute atomic E-state index is 13.2. The highest BCUT2D eigenvalue weighted by Crippen LogP contribution is 2.31. The van der Waals surface area contributed by atoms with Crippen LogP contribution in [0.25, 0.3) is 11.3 Å². The van der Waals surface area contributed by atoms with Crippen molar-refractivity contribution in [1.29, 1.82) is 0 Å². The van der Waals surface area contributed by atoms with Crippen LogP contribution in [0.3, 0.4) is 0 Å². The Morgan fingerprint density at radius 2 is 1.85 bits per heavy atom. The van der Waals surface area contributed by atoms with E-state index in [9.17, 15) is 9.59 Å². The first-order valence-corrected chi connectivity index (χ1v) is 9.36. The number of nitrogens with zero attached hydrogens (tertiary/aromatic N) is 1. The summed E-state index contributed by atoms with van der Waals surface area (Å²) < 4.78 is 5.61. The smallest absolute Gasteiger partial charge is 0.254 e. The van der Waals surface area contributed by atoms with E-state index in [2.05, 4.69) is 4.98 Å². The molecule has 4 rings (SSSR count). The molecular weight excluding hydrogens is 340 g/mol. The zero-order valence-electron chi connectivity index (χ0n) is 15.1. The van der Waals surface area contributed by atoms with E-state index in [1.807, 2.05) is 47.4 Å². The highest BCUT2D eigenvalue weighted by molar-refractivity contribution is 5.95. The lowest BCUT2D eigenvalue weighted by atomic mass is 10.0. The number of likely N-dealkylation sites (tertiary alicyclic amines) is 1. The van der Waals surface area contributed by atoms with Gasteiger partial charge in [-0.25, -0.2) is 0 Å². The van der Waals surface area contributed by atoms with Crippen molar-refractivity contribution < 1.29 is 9.21 Å². The molecule has 1 aliphatic heterocycles. The quantitative estimate of drug-likeness (QED) is 0.751. The van der Waals surface area contributed by atoms with Crippen LogP contribution in [0.15, 0.2) is 70.1 Å². The normalized spacial score (nSPS) is 17.5. The fourth-order valence-electron chi connectivity index (χ4n) is 3.70. The molecule has 1 atom stereocenters. The van der Waals surface area contributed by atoms with Crippen LogP contribution in [0.2, 0.25) is 0 Å². The van der Waals surface area contributed by atoms with Gasteiger partial charge in [0.2, 0.25) is 5.56 Å². The maximum Gasteiger partial charge on any atom is 0.254 e. The van der Waals surface area contributed by atoms with Crippen LogP contribution in [-0.2, 0) is 0 Å². The molecule has 138 valence electrons. The van der Waals surface area contributed by atoms with Gasteiger partial charge in [-0.3, -0.25) is 9.59 Å². The lowest BCUT2D eigenvalue weighted by Crippen LogP contribution is -2.34. The minimum Gasteiger partial charge on any atom is -0.467 e. The fourth-order valence-corrected chi connectivity index (χ4v) is 3.70. The van der Waals surface area contributed by atoms with Crippen LogP contribution >= 0.6 is 0 Å². The van der Waals surface area contributed by atoms with Crippen molar-refractivity contribution >= 4 is 5.91 Å². The summed E-state index contributed by atoms with van der Waals surface area (Å²) in [5.41, 5.74) is 2.13. The molecule has 1 amide bonds. The minimum atomic E-state index is -0.140. The Bertz CT molecular complexity index is 958. The third-order valence-corrected chi connectivity index (χ3v) is 5.10. The molecule has 1 saturated heterocycles. The van der Waals surface area contributed by atoms with Gasteiger partial charge in [0.1, 0.15) is 5.76 Å². The number of aromatic amines is 1. The van der Waals surface area contributed by atoms with Crippen LogP contribution in [0, 0.1) is 0 Å². The summed E-state index contributed by atoms with van der Waals surface area (Å²) >= 11 is 0. The van der Waals surface area contributed by atoms with Crippen molar-refractivity contribution in [2.45, 2.75) is 31.7 Å².